The minimum atomic E-state index is -1.87. The summed E-state index contributed by atoms with van der Waals surface area (Å²) in [5.74, 6) is -8.39. The predicted molar refractivity (Wildman–Crippen MR) is 64.0 cm³/mol. The summed E-state index contributed by atoms with van der Waals surface area (Å²) in [7, 11) is 0. The molecule has 7 heteroatoms. The van der Waals surface area contributed by atoms with E-state index < -0.39 is 40.7 Å². The van der Waals surface area contributed by atoms with Crippen LogP contribution in [0.1, 0.15) is 25.8 Å². The van der Waals surface area contributed by atoms with Crippen LogP contribution in [0.25, 0.3) is 0 Å². The fraction of sp³-hybridized carbons (Fsp3) is 0.462. The Hall–Kier alpha value is -1.63. The van der Waals surface area contributed by atoms with Crippen LogP contribution in [0.4, 0.5) is 17.6 Å². The zero-order valence-corrected chi connectivity index (χ0v) is 11.0. The average Bonchev–Trinajstić information content (AvgIpc) is 2.32. The van der Waals surface area contributed by atoms with Gasteiger partial charge in [0.25, 0.3) is 0 Å². The van der Waals surface area contributed by atoms with Crippen LogP contribution in [0.5, 0.6) is 0 Å². The van der Waals surface area contributed by atoms with E-state index in [0.717, 1.165) is 0 Å². The fourth-order valence-electron chi connectivity index (χ4n) is 2.03. The molecule has 1 aromatic carbocycles. The van der Waals surface area contributed by atoms with Gasteiger partial charge in [-0.2, -0.15) is 0 Å². The van der Waals surface area contributed by atoms with Crippen molar-refractivity contribution in [3.05, 3.63) is 34.9 Å². The smallest absolute Gasteiger partial charge is 0.323 e. The van der Waals surface area contributed by atoms with Crippen LogP contribution < -0.4 is 5.73 Å². The van der Waals surface area contributed by atoms with Crippen molar-refractivity contribution in [2.24, 2.45) is 11.7 Å². The van der Waals surface area contributed by atoms with Crippen LogP contribution in [0.2, 0.25) is 0 Å². The number of benzene rings is 1. The van der Waals surface area contributed by atoms with E-state index in [-0.39, 0.29) is 18.4 Å². The molecular weight excluding hydrogens is 278 g/mol. The second-order valence-electron chi connectivity index (χ2n) is 5.20. The van der Waals surface area contributed by atoms with Crippen molar-refractivity contribution in [1.29, 1.82) is 0 Å². The number of hydrogen-bond acceptors (Lipinski definition) is 2. The van der Waals surface area contributed by atoms with Crippen molar-refractivity contribution in [2.75, 3.05) is 0 Å². The van der Waals surface area contributed by atoms with Crippen molar-refractivity contribution >= 4 is 5.97 Å². The molecule has 0 bridgehead atoms. The van der Waals surface area contributed by atoms with Gasteiger partial charge in [0.2, 0.25) is 0 Å². The molecule has 0 aliphatic rings. The molecule has 0 radical (unpaired) electrons. The zero-order valence-electron chi connectivity index (χ0n) is 11.0. The molecule has 0 heterocycles. The normalized spacial score (nSPS) is 15.8. The van der Waals surface area contributed by atoms with E-state index in [1.54, 1.807) is 6.92 Å². The summed E-state index contributed by atoms with van der Waals surface area (Å²) < 4.78 is 52.4. The number of nitrogens with two attached hydrogens (primary N) is 1. The molecule has 0 fully saturated rings. The third-order valence-electron chi connectivity index (χ3n) is 3.01. The number of hydrogen-bond donors (Lipinski definition) is 2. The van der Waals surface area contributed by atoms with Crippen molar-refractivity contribution in [2.45, 2.75) is 32.2 Å². The third kappa shape index (κ3) is 3.47. The minimum absolute atomic E-state index is 0.0254. The third-order valence-corrected chi connectivity index (χ3v) is 3.01. The summed E-state index contributed by atoms with van der Waals surface area (Å²) in [6, 6.07) is 0.568. The van der Waals surface area contributed by atoms with Gasteiger partial charge in [-0.15, -0.1) is 0 Å². The number of halogens is 4. The van der Waals surface area contributed by atoms with Gasteiger partial charge in [0.1, 0.15) is 5.54 Å². The first-order valence-corrected chi connectivity index (χ1v) is 5.90. The standard InChI is InChI=1S/C13H15F4NO2/c1-6(5-13(2,18)12(19)20)3-7-4-8(14)10(16)11(17)9(7)15/h4,6H,3,5,18H2,1-2H3,(H,19,20). The Morgan fingerprint density at radius 1 is 1.30 bits per heavy atom. The molecule has 0 saturated heterocycles. The van der Waals surface area contributed by atoms with Gasteiger partial charge in [-0.05, 0) is 37.3 Å². The zero-order chi connectivity index (χ0) is 15.7. The number of rotatable bonds is 5. The Balaban J connectivity index is 2.92. The van der Waals surface area contributed by atoms with Crippen molar-refractivity contribution < 1.29 is 27.5 Å². The number of carboxylic acid groups (broad SMARTS) is 1. The molecule has 2 unspecified atom stereocenters. The summed E-state index contributed by atoms with van der Waals surface area (Å²) in [5, 5.41) is 8.87. The molecule has 0 aliphatic carbocycles. The van der Waals surface area contributed by atoms with Crippen molar-refractivity contribution in [1.82, 2.24) is 0 Å². The molecule has 20 heavy (non-hydrogen) atoms. The maximum absolute atomic E-state index is 13.5. The summed E-state index contributed by atoms with van der Waals surface area (Å²) >= 11 is 0. The van der Waals surface area contributed by atoms with Gasteiger partial charge in [-0.1, -0.05) is 6.92 Å². The van der Waals surface area contributed by atoms with Crippen LogP contribution in [0.3, 0.4) is 0 Å². The molecule has 0 spiro atoms. The first-order chi connectivity index (χ1) is 9.06. The first-order valence-electron chi connectivity index (χ1n) is 5.90. The monoisotopic (exact) mass is 293 g/mol. The molecule has 1 rings (SSSR count). The van der Waals surface area contributed by atoms with Gasteiger partial charge in [-0.25, -0.2) is 17.6 Å². The molecule has 3 N–H and O–H groups in total. The van der Waals surface area contributed by atoms with Crippen LogP contribution in [-0.4, -0.2) is 16.6 Å². The van der Waals surface area contributed by atoms with E-state index in [1.165, 1.54) is 6.92 Å². The number of aliphatic carboxylic acids is 1. The lowest BCUT2D eigenvalue weighted by Crippen LogP contribution is -2.46. The van der Waals surface area contributed by atoms with E-state index in [2.05, 4.69) is 0 Å². The van der Waals surface area contributed by atoms with E-state index in [0.29, 0.717) is 6.07 Å². The van der Waals surface area contributed by atoms with Gasteiger partial charge in [0.05, 0.1) is 0 Å². The quantitative estimate of drug-likeness (QED) is 0.498. The highest BCUT2D eigenvalue weighted by Gasteiger charge is 2.30. The first kappa shape index (κ1) is 16.4. The topological polar surface area (TPSA) is 63.3 Å². The summed E-state index contributed by atoms with van der Waals surface area (Å²) in [6.45, 7) is 2.85. The van der Waals surface area contributed by atoms with E-state index in [1.807, 2.05) is 0 Å². The van der Waals surface area contributed by atoms with Crippen LogP contribution >= 0.6 is 0 Å². The maximum Gasteiger partial charge on any atom is 0.323 e. The van der Waals surface area contributed by atoms with Gasteiger partial charge in [0.15, 0.2) is 23.3 Å². The molecule has 112 valence electrons. The molecule has 0 amide bonds. The summed E-state index contributed by atoms with van der Waals surface area (Å²) in [6.07, 6.45) is -0.178. The lowest BCUT2D eigenvalue weighted by molar-refractivity contribution is -0.143. The minimum Gasteiger partial charge on any atom is -0.480 e. The lowest BCUT2D eigenvalue weighted by Gasteiger charge is -2.23. The summed E-state index contributed by atoms with van der Waals surface area (Å²) in [5.41, 5.74) is 3.65. The van der Waals surface area contributed by atoms with E-state index in [9.17, 15) is 22.4 Å². The molecule has 0 aromatic heterocycles. The van der Waals surface area contributed by atoms with Gasteiger partial charge in [0, 0.05) is 0 Å². The number of carbonyl (C=O) groups is 1. The SMILES string of the molecule is CC(Cc1cc(F)c(F)c(F)c1F)CC(C)(N)C(=O)O. The van der Waals surface area contributed by atoms with E-state index in [4.69, 9.17) is 10.8 Å². The number of carboxylic acids is 1. The highest BCUT2D eigenvalue weighted by Crippen LogP contribution is 2.24. The Kier molecular flexibility index (Phi) is 4.75. The van der Waals surface area contributed by atoms with Gasteiger partial charge in [-0.3, -0.25) is 4.79 Å². The molecule has 0 aliphatic heterocycles. The Labute approximate surface area is 113 Å². The molecule has 3 nitrogen and oxygen atoms in total. The van der Waals surface area contributed by atoms with Crippen molar-refractivity contribution in [3.63, 3.8) is 0 Å². The maximum atomic E-state index is 13.5. The highest BCUT2D eigenvalue weighted by atomic mass is 19.2. The van der Waals surface area contributed by atoms with Gasteiger partial charge < -0.3 is 10.8 Å². The Morgan fingerprint density at radius 2 is 1.85 bits per heavy atom. The molecule has 1 aromatic rings. The van der Waals surface area contributed by atoms with E-state index >= 15 is 0 Å². The molecule has 0 saturated carbocycles. The average molecular weight is 293 g/mol. The largest absolute Gasteiger partial charge is 0.480 e. The lowest BCUT2D eigenvalue weighted by atomic mass is 9.87. The Morgan fingerprint density at radius 3 is 2.35 bits per heavy atom. The van der Waals surface area contributed by atoms with Crippen LogP contribution in [0, 0.1) is 29.2 Å². The molecular formula is C13H15F4NO2. The van der Waals surface area contributed by atoms with Crippen LogP contribution in [0.15, 0.2) is 6.07 Å². The second-order valence-corrected chi connectivity index (χ2v) is 5.20. The highest BCUT2D eigenvalue weighted by molar-refractivity contribution is 5.77. The van der Waals surface area contributed by atoms with Crippen molar-refractivity contribution in [3.8, 4) is 0 Å². The second kappa shape index (κ2) is 5.78. The molecule has 2 atom stereocenters. The summed E-state index contributed by atoms with van der Waals surface area (Å²) in [4.78, 5) is 10.9. The Bertz CT molecular complexity index is 532. The van der Waals surface area contributed by atoms with Crippen LogP contribution in [-0.2, 0) is 11.2 Å². The predicted octanol–water partition coefficient (Wildman–Crippen LogP) is 2.61. The fourth-order valence-corrected chi connectivity index (χ4v) is 2.03. The van der Waals surface area contributed by atoms with Gasteiger partial charge >= 0.3 is 5.97 Å².